The molecule has 2 aliphatic heterocycles. The zero-order chi connectivity index (χ0) is 26.9. The number of ether oxygens (including phenoxy) is 1. The first-order chi connectivity index (χ1) is 16.8. The maximum absolute atomic E-state index is 13.0. The van der Waals surface area contributed by atoms with Gasteiger partial charge in [0, 0.05) is 31.4 Å². The summed E-state index contributed by atoms with van der Waals surface area (Å²) in [6.07, 6.45) is 2.52. The molecule has 0 saturated carbocycles. The lowest BCUT2D eigenvalue weighted by Crippen LogP contribution is -2.50. The monoisotopic (exact) mass is 559 g/mol. The van der Waals surface area contributed by atoms with Crippen LogP contribution in [-0.4, -0.2) is 70.9 Å². The molecule has 0 spiro atoms. The molecule has 0 bridgehead atoms. The maximum atomic E-state index is 13.0. The summed E-state index contributed by atoms with van der Waals surface area (Å²) in [6, 6.07) is -0.0888. The highest BCUT2D eigenvalue weighted by molar-refractivity contribution is 7.91. The van der Waals surface area contributed by atoms with Crippen molar-refractivity contribution in [1.82, 2.24) is 9.21 Å². The fourth-order valence-corrected chi connectivity index (χ4v) is 8.33. The molecule has 2 aliphatic rings. The van der Waals surface area contributed by atoms with Crippen LogP contribution < -0.4 is 5.32 Å². The topological polar surface area (TPSA) is 124 Å². The standard InChI is InChI=1S/C23H37N5O5S3/c1-9-28(10-2)36(31,32)23-20(29)18(15(7)34-23)24-21-22(26-35(30)25-21)27(8)19(14(5)6)17-11-16(12-33-17)13(3)4/h12-14,17,19,29H,9-11H2,1-8H3,(H,24,25)/t17?,19-,35?/m1/s1. The van der Waals surface area contributed by atoms with Crippen LogP contribution in [-0.2, 0) is 25.9 Å². The van der Waals surface area contributed by atoms with Gasteiger partial charge in [-0.15, -0.1) is 20.1 Å². The number of aryl methyl sites for hydroxylation is 1. The number of likely N-dealkylation sites (N-methyl/N-ethyl adjacent to an activating group) is 1. The van der Waals surface area contributed by atoms with Gasteiger partial charge in [0.05, 0.1) is 18.0 Å². The van der Waals surface area contributed by atoms with Crippen molar-refractivity contribution in [2.24, 2.45) is 20.6 Å². The lowest BCUT2D eigenvalue weighted by molar-refractivity contribution is 0.0711. The molecule has 0 aromatic carbocycles. The predicted octanol–water partition coefficient (Wildman–Crippen LogP) is 3.88. The van der Waals surface area contributed by atoms with Crippen LogP contribution in [0.15, 0.2) is 24.8 Å². The van der Waals surface area contributed by atoms with E-state index in [0.717, 1.165) is 17.8 Å². The largest absolute Gasteiger partial charge is 0.504 e. The summed E-state index contributed by atoms with van der Waals surface area (Å²) in [5, 5.41) is 13.9. The second kappa shape index (κ2) is 11.2. The molecule has 1 aromatic rings. The van der Waals surface area contributed by atoms with Gasteiger partial charge in [0.15, 0.2) is 21.6 Å². The predicted molar refractivity (Wildman–Crippen MR) is 146 cm³/mol. The van der Waals surface area contributed by atoms with Crippen molar-refractivity contribution in [2.75, 3.05) is 25.5 Å². The summed E-state index contributed by atoms with van der Waals surface area (Å²) in [6.45, 7) is 14.2. The first-order valence-electron chi connectivity index (χ1n) is 12.1. The maximum Gasteiger partial charge on any atom is 0.269 e. The molecule has 0 saturated heterocycles. The molecule has 3 rings (SSSR count). The highest BCUT2D eigenvalue weighted by Gasteiger charge is 2.38. The Labute approximate surface area is 220 Å². The third kappa shape index (κ3) is 5.48. The number of hydrogen-bond donors (Lipinski definition) is 2. The number of nitrogens with zero attached hydrogens (tertiary/aromatic N) is 4. The molecular formula is C23H37N5O5S3. The van der Waals surface area contributed by atoms with Gasteiger partial charge in [0.25, 0.3) is 21.2 Å². The van der Waals surface area contributed by atoms with Crippen molar-refractivity contribution in [1.29, 1.82) is 0 Å². The Hall–Kier alpha value is -1.96. The number of aromatic hydroxyl groups is 1. The number of amidine groups is 2. The van der Waals surface area contributed by atoms with Crippen molar-refractivity contribution in [3.05, 3.63) is 16.7 Å². The summed E-state index contributed by atoms with van der Waals surface area (Å²) < 4.78 is 54.0. The minimum atomic E-state index is -3.86. The van der Waals surface area contributed by atoms with Gasteiger partial charge in [-0.3, -0.25) is 0 Å². The number of rotatable bonds is 9. The van der Waals surface area contributed by atoms with Crippen molar-refractivity contribution in [2.45, 2.75) is 71.2 Å². The molecule has 0 amide bonds. The summed E-state index contributed by atoms with van der Waals surface area (Å²) in [5.74, 6) is 0.762. The Morgan fingerprint density at radius 3 is 2.42 bits per heavy atom. The average Bonchev–Trinajstić information content (AvgIpc) is 3.49. The second-order valence-corrected chi connectivity index (χ2v) is 13.7. The lowest BCUT2D eigenvalue weighted by Gasteiger charge is -2.36. The molecule has 0 fully saturated rings. The van der Waals surface area contributed by atoms with Gasteiger partial charge in [-0.2, -0.15) is 4.31 Å². The Morgan fingerprint density at radius 2 is 1.89 bits per heavy atom. The second-order valence-electron chi connectivity index (χ2n) is 9.54. The number of hydrogen-bond acceptors (Lipinski definition) is 8. The molecule has 13 heteroatoms. The Morgan fingerprint density at radius 1 is 1.25 bits per heavy atom. The molecule has 2 unspecified atom stereocenters. The van der Waals surface area contributed by atoms with E-state index in [4.69, 9.17) is 4.74 Å². The lowest BCUT2D eigenvalue weighted by atomic mass is 9.91. The van der Waals surface area contributed by atoms with Crippen LogP contribution in [0, 0.1) is 18.8 Å². The zero-order valence-electron chi connectivity index (χ0n) is 22.1. The Bertz CT molecular complexity index is 1200. The van der Waals surface area contributed by atoms with Gasteiger partial charge >= 0.3 is 0 Å². The molecule has 2 N–H and O–H groups in total. The van der Waals surface area contributed by atoms with Crippen LogP contribution in [0.2, 0.25) is 0 Å². The van der Waals surface area contributed by atoms with E-state index < -0.39 is 21.2 Å². The normalized spacial score (nSPS) is 21.0. The van der Waals surface area contributed by atoms with Gasteiger partial charge in [0.1, 0.15) is 6.10 Å². The van der Waals surface area contributed by atoms with Gasteiger partial charge in [-0.05, 0) is 24.3 Å². The van der Waals surface area contributed by atoms with E-state index in [9.17, 15) is 17.7 Å². The molecule has 202 valence electrons. The number of anilines is 1. The molecular weight excluding hydrogens is 522 g/mol. The highest BCUT2D eigenvalue weighted by Crippen LogP contribution is 2.43. The van der Waals surface area contributed by atoms with Gasteiger partial charge < -0.3 is 20.1 Å². The highest BCUT2D eigenvalue weighted by atomic mass is 32.2. The van der Waals surface area contributed by atoms with Crippen LogP contribution in [0.25, 0.3) is 0 Å². The van der Waals surface area contributed by atoms with Gasteiger partial charge in [0.2, 0.25) is 0 Å². The van der Waals surface area contributed by atoms with Crippen LogP contribution >= 0.6 is 11.3 Å². The van der Waals surface area contributed by atoms with E-state index in [0.29, 0.717) is 29.7 Å². The third-order valence-electron chi connectivity index (χ3n) is 6.51. The molecule has 0 aliphatic carbocycles. The number of sulfonamides is 1. The first kappa shape index (κ1) is 28.6. The molecule has 0 radical (unpaired) electrons. The van der Waals surface area contributed by atoms with E-state index in [1.54, 1.807) is 20.8 Å². The minimum absolute atomic E-state index is 0.0888. The quantitative estimate of drug-likeness (QED) is 0.471. The van der Waals surface area contributed by atoms with Crippen molar-refractivity contribution >= 4 is 49.9 Å². The SMILES string of the molecule is CCN(CC)S(=O)(=O)c1sc(C)c(NC2=NS(=O)N=C2N(C)[C@H](C(C)C)C2CC(C(C)C)=CO2)c1O. The van der Waals surface area contributed by atoms with E-state index in [-0.39, 0.29) is 39.5 Å². The summed E-state index contributed by atoms with van der Waals surface area (Å²) in [7, 11) is -2.00. The van der Waals surface area contributed by atoms with Crippen LogP contribution in [0.3, 0.4) is 0 Å². The molecule has 3 heterocycles. The van der Waals surface area contributed by atoms with E-state index >= 15 is 0 Å². The van der Waals surface area contributed by atoms with E-state index in [1.807, 2.05) is 18.2 Å². The van der Waals surface area contributed by atoms with Crippen LogP contribution in [0.1, 0.15) is 52.8 Å². The van der Waals surface area contributed by atoms with E-state index in [2.05, 4.69) is 41.8 Å². The minimum Gasteiger partial charge on any atom is -0.504 e. The summed E-state index contributed by atoms with van der Waals surface area (Å²) >= 11 is -0.861. The van der Waals surface area contributed by atoms with Crippen molar-refractivity contribution < 1.29 is 22.5 Å². The Balaban J connectivity index is 1.90. The zero-order valence-corrected chi connectivity index (χ0v) is 24.6. The molecule has 10 nitrogen and oxygen atoms in total. The average molecular weight is 560 g/mol. The Kier molecular flexibility index (Phi) is 8.90. The third-order valence-corrected chi connectivity index (χ3v) is 10.8. The van der Waals surface area contributed by atoms with E-state index in [1.165, 1.54) is 9.88 Å². The first-order valence-corrected chi connectivity index (χ1v) is 15.4. The van der Waals surface area contributed by atoms with Gasteiger partial charge in [-0.1, -0.05) is 41.5 Å². The fraction of sp³-hybridized carbons (Fsp3) is 0.652. The number of thiophene rings is 1. The summed E-state index contributed by atoms with van der Waals surface area (Å²) in [5.41, 5.74) is 1.45. The van der Waals surface area contributed by atoms with Gasteiger partial charge in [-0.25, -0.2) is 12.6 Å². The number of nitrogens with one attached hydrogen (secondary N) is 1. The fourth-order valence-electron chi connectivity index (χ4n) is 4.54. The summed E-state index contributed by atoms with van der Waals surface area (Å²) in [4.78, 5) is 2.47. The molecule has 1 aromatic heterocycles. The van der Waals surface area contributed by atoms with Crippen LogP contribution in [0.5, 0.6) is 5.75 Å². The van der Waals surface area contributed by atoms with Crippen molar-refractivity contribution in [3.8, 4) is 5.75 Å². The smallest absolute Gasteiger partial charge is 0.269 e. The molecule has 3 atom stereocenters. The molecule has 36 heavy (non-hydrogen) atoms. The van der Waals surface area contributed by atoms with Crippen molar-refractivity contribution in [3.63, 3.8) is 0 Å². The van der Waals surface area contributed by atoms with Crippen LogP contribution in [0.4, 0.5) is 5.69 Å².